The molecule has 0 aliphatic heterocycles. The minimum absolute atomic E-state index is 0. The fourth-order valence-electron chi connectivity index (χ4n) is 2.73. The number of thiazole rings is 1. The number of aryl methyl sites for hydroxylation is 2. The smallest absolute Gasteiger partial charge is 0.307 e. The van der Waals surface area contributed by atoms with E-state index >= 15 is 0 Å². The molecule has 0 saturated heterocycles. The molecule has 2 aromatic carbocycles. The van der Waals surface area contributed by atoms with Gasteiger partial charge in [0.25, 0.3) is 0 Å². The molecule has 6 heteroatoms. The minimum atomic E-state index is 0. The van der Waals surface area contributed by atoms with Crippen LogP contribution < -0.4 is 14.9 Å². The van der Waals surface area contributed by atoms with E-state index in [2.05, 4.69) is 29.6 Å². The Morgan fingerprint density at radius 3 is 2.56 bits per heavy atom. The number of methoxy groups -OCH3 is 1. The van der Waals surface area contributed by atoms with Crippen LogP contribution >= 0.6 is 23.7 Å². The zero-order valence-electron chi connectivity index (χ0n) is 14.5. The van der Waals surface area contributed by atoms with Gasteiger partial charge in [0.2, 0.25) is 0 Å². The predicted octanol–water partition coefficient (Wildman–Crippen LogP) is 3.75. The number of aromatic nitrogens is 1. The second-order valence-electron chi connectivity index (χ2n) is 5.86. The maximum atomic E-state index is 11.7. The van der Waals surface area contributed by atoms with Crippen LogP contribution in [0.1, 0.15) is 17.5 Å². The van der Waals surface area contributed by atoms with Gasteiger partial charge < -0.3 is 14.6 Å². The predicted molar refractivity (Wildman–Crippen MR) is 107 cm³/mol. The van der Waals surface area contributed by atoms with Crippen LogP contribution in [0.2, 0.25) is 0 Å². The van der Waals surface area contributed by atoms with Crippen molar-refractivity contribution in [3.05, 3.63) is 63.3 Å². The summed E-state index contributed by atoms with van der Waals surface area (Å²) in [6, 6.07) is 14.4. The van der Waals surface area contributed by atoms with Crippen LogP contribution in [0, 0.1) is 0 Å². The van der Waals surface area contributed by atoms with Crippen LogP contribution in [-0.4, -0.2) is 18.2 Å². The van der Waals surface area contributed by atoms with Crippen molar-refractivity contribution in [1.29, 1.82) is 0 Å². The van der Waals surface area contributed by atoms with Crippen LogP contribution in [0.3, 0.4) is 0 Å². The van der Waals surface area contributed by atoms with Crippen LogP contribution in [0.4, 0.5) is 0 Å². The van der Waals surface area contributed by atoms with Gasteiger partial charge >= 0.3 is 4.87 Å². The van der Waals surface area contributed by atoms with E-state index in [1.165, 1.54) is 22.5 Å². The highest BCUT2D eigenvalue weighted by atomic mass is 35.5. The van der Waals surface area contributed by atoms with E-state index in [0.29, 0.717) is 0 Å². The Morgan fingerprint density at radius 1 is 1.12 bits per heavy atom. The summed E-state index contributed by atoms with van der Waals surface area (Å²) in [5.41, 5.74) is 3.56. The van der Waals surface area contributed by atoms with Crippen molar-refractivity contribution in [3.8, 4) is 5.75 Å². The number of hydrogen-bond donors (Lipinski definition) is 1. The quantitative estimate of drug-likeness (QED) is 0.637. The first-order valence-electron chi connectivity index (χ1n) is 8.09. The lowest BCUT2D eigenvalue weighted by molar-refractivity contribution is 0.414. The second-order valence-corrected chi connectivity index (χ2v) is 6.85. The lowest BCUT2D eigenvalue weighted by Crippen LogP contribution is -2.15. The Bertz CT molecular complexity index is 871. The number of rotatable bonds is 7. The van der Waals surface area contributed by atoms with Gasteiger partial charge in [0.15, 0.2) is 0 Å². The molecule has 3 rings (SSSR count). The van der Waals surface area contributed by atoms with Crippen LogP contribution in [-0.2, 0) is 20.0 Å². The molecule has 0 radical (unpaired) electrons. The highest BCUT2D eigenvalue weighted by Crippen LogP contribution is 2.19. The van der Waals surface area contributed by atoms with Crippen molar-refractivity contribution in [1.82, 2.24) is 9.88 Å². The summed E-state index contributed by atoms with van der Waals surface area (Å²) in [4.78, 5) is 11.8. The molecule has 1 aromatic heterocycles. The van der Waals surface area contributed by atoms with Gasteiger partial charge in [-0.15, -0.1) is 12.4 Å². The maximum Gasteiger partial charge on any atom is 0.307 e. The molecule has 0 saturated carbocycles. The summed E-state index contributed by atoms with van der Waals surface area (Å²) in [5, 5.41) is 3.47. The number of nitrogens with zero attached hydrogens (tertiary/aromatic N) is 1. The number of ether oxygens (including phenoxy) is 1. The van der Waals surface area contributed by atoms with E-state index in [-0.39, 0.29) is 17.3 Å². The number of benzene rings is 2. The molecule has 0 aliphatic carbocycles. The van der Waals surface area contributed by atoms with E-state index < -0.39 is 0 Å². The Labute approximate surface area is 157 Å². The molecule has 134 valence electrons. The first-order valence-corrected chi connectivity index (χ1v) is 8.91. The summed E-state index contributed by atoms with van der Waals surface area (Å²) in [5.74, 6) is 0.886. The molecule has 0 spiro atoms. The normalized spacial score (nSPS) is 10.6. The Balaban J connectivity index is 0.00000225. The zero-order chi connectivity index (χ0) is 16.9. The minimum Gasteiger partial charge on any atom is -0.497 e. The molecular formula is C19H23ClN2O2S. The van der Waals surface area contributed by atoms with Crippen molar-refractivity contribution in [2.24, 2.45) is 7.05 Å². The summed E-state index contributed by atoms with van der Waals surface area (Å²) in [6.07, 6.45) is 2.09. The topological polar surface area (TPSA) is 43.3 Å². The number of halogens is 1. The molecule has 4 nitrogen and oxygen atoms in total. The third kappa shape index (κ3) is 4.84. The fraction of sp³-hybridized carbons (Fsp3) is 0.316. The summed E-state index contributed by atoms with van der Waals surface area (Å²) in [6.45, 7) is 1.83. The third-order valence-electron chi connectivity index (χ3n) is 4.16. The van der Waals surface area contributed by atoms with E-state index in [0.717, 1.165) is 41.9 Å². The molecule has 1 heterocycles. The lowest BCUT2D eigenvalue weighted by atomic mass is 10.1. The number of nitrogens with one attached hydrogen (secondary N) is 1. The van der Waals surface area contributed by atoms with Gasteiger partial charge in [-0.3, -0.25) is 4.79 Å². The summed E-state index contributed by atoms with van der Waals surface area (Å²) < 4.78 is 7.94. The average molecular weight is 379 g/mol. The monoisotopic (exact) mass is 378 g/mol. The number of hydrogen-bond acceptors (Lipinski definition) is 4. The van der Waals surface area contributed by atoms with Gasteiger partial charge in [-0.1, -0.05) is 29.5 Å². The van der Waals surface area contributed by atoms with Crippen molar-refractivity contribution < 1.29 is 4.74 Å². The molecule has 0 unspecified atom stereocenters. The average Bonchev–Trinajstić information content (AvgIpc) is 2.89. The molecule has 0 amide bonds. The highest BCUT2D eigenvalue weighted by molar-refractivity contribution is 7.16. The zero-order valence-corrected chi connectivity index (χ0v) is 16.1. The van der Waals surface area contributed by atoms with Gasteiger partial charge in [0.1, 0.15) is 5.75 Å². The molecule has 0 aliphatic rings. The first-order chi connectivity index (χ1) is 11.7. The van der Waals surface area contributed by atoms with Crippen molar-refractivity contribution >= 4 is 34.0 Å². The largest absolute Gasteiger partial charge is 0.497 e. The van der Waals surface area contributed by atoms with Crippen LogP contribution in [0.15, 0.2) is 47.3 Å². The third-order valence-corrected chi connectivity index (χ3v) is 5.16. The summed E-state index contributed by atoms with van der Waals surface area (Å²) >= 11 is 1.32. The van der Waals surface area contributed by atoms with Gasteiger partial charge in [-0.25, -0.2) is 0 Å². The Hall–Kier alpha value is -1.82. The first kappa shape index (κ1) is 19.5. The molecule has 25 heavy (non-hydrogen) atoms. The maximum absolute atomic E-state index is 11.7. The standard InChI is InChI=1S/C19H22N2O2S.ClH/c1-21-17-10-7-14(12-18(17)24-19(21)22)4-3-11-20-13-15-5-8-16(23-2)9-6-15;/h5-10,12,20H,3-4,11,13H2,1-2H3;1H. The van der Waals surface area contributed by atoms with E-state index in [9.17, 15) is 4.79 Å². The molecule has 1 N–H and O–H groups in total. The fourth-order valence-corrected chi connectivity index (χ4v) is 3.67. The lowest BCUT2D eigenvalue weighted by Gasteiger charge is -2.06. The van der Waals surface area contributed by atoms with Gasteiger partial charge in [0, 0.05) is 13.6 Å². The number of fused-ring (bicyclic) bond motifs is 1. The van der Waals surface area contributed by atoms with Crippen molar-refractivity contribution in [3.63, 3.8) is 0 Å². The summed E-state index contributed by atoms with van der Waals surface area (Å²) in [7, 11) is 3.50. The molecular weight excluding hydrogens is 356 g/mol. The van der Waals surface area contributed by atoms with Crippen LogP contribution in [0.5, 0.6) is 5.75 Å². The van der Waals surface area contributed by atoms with E-state index in [1.807, 2.05) is 25.2 Å². The molecule has 0 fully saturated rings. The molecule has 0 atom stereocenters. The SMILES string of the molecule is COc1ccc(CNCCCc2ccc3c(c2)sc(=O)n3C)cc1.Cl. The molecule has 3 aromatic rings. The second kappa shape index (κ2) is 9.04. The Kier molecular flexibility index (Phi) is 7.05. The van der Waals surface area contributed by atoms with E-state index in [4.69, 9.17) is 4.74 Å². The van der Waals surface area contributed by atoms with Crippen molar-refractivity contribution in [2.45, 2.75) is 19.4 Å². The molecule has 0 bridgehead atoms. The van der Waals surface area contributed by atoms with Gasteiger partial charge in [0.05, 0.1) is 17.3 Å². The van der Waals surface area contributed by atoms with E-state index in [1.54, 1.807) is 11.7 Å². The van der Waals surface area contributed by atoms with Crippen molar-refractivity contribution in [2.75, 3.05) is 13.7 Å². The van der Waals surface area contributed by atoms with Crippen LogP contribution in [0.25, 0.3) is 10.2 Å². The van der Waals surface area contributed by atoms with Gasteiger partial charge in [-0.05, 0) is 54.8 Å². The highest BCUT2D eigenvalue weighted by Gasteiger charge is 2.04. The Morgan fingerprint density at radius 2 is 1.84 bits per heavy atom. The van der Waals surface area contributed by atoms with Gasteiger partial charge in [-0.2, -0.15) is 0 Å².